The van der Waals surface area contributed by atoms with E-state index in [1.165, 1.54) is 16.2 Å². The number of allylic oxidation sites excluding steroid dienone is 1. The van der Waals surface area contributed by atoms with Gasteiger partial charge in [0.15, 0.2) is 9.53 Å². The highest BCUT2D eigenvalue weighted by Gasteiger charge is 2.26. The largest absolute Gasteiger partial charge is 0.510 e. The predicted octanol–water partition coefficient (Wildman–Crippen LogP) is 5.28. The summed E-state index contributed by atoms with van der Waals surface area (Å²) in [5.74, 6) is -0.757. The van der Waals surface area contributed by atoms with Crippen molar-refractivity contribution in [1.82, 2.24) is 4.98 Å². The Kier molecular flexibility index (Phi) is 5.93. The number of thiazole rings is 1. The van der Waals surface area contributed by atoms with Crippen molar-refractivity contribution in [2.24, 2.45) is 0 Å². The number of benzene rings is 2. The van der Waals surface area contributed by atoms with E-state index >= 15 is 0 Å². The molecule has 5 nitrogen and oxygen atoms in total. The minimum atomic E-state index is -0.524. The summed E-state index contributed by atoms with van der Waals surface area (Å²) in [7, 11) is 0. The quantitative estimate of drug-likeness (QED) is 0.260. The molecule has 0 spiro atoms. The van der Waals surface area contributed by atoms with Crippen molar-refractivity contribution in [3.63, 3.8) is 0 Å². The Morgan fingerprint density at radius 1 is 1.29 bits per heavy atom. The van der Waals surface area contributed by atoms with E-state index in [0.29, 0.717) is 9.64 Å². The summed E-state index contributed by atoms with van der Waals surface area (Å²) in [5.41, 5.74) is 2.13. The lowest BCUT2D eigenvalue weighted by Crippen LogP contribution is -2.38. The first kappa shape index (κ1) is 19.8. The molecular formula is C21H19N3O2S2. The molecule has 0 fully saturated rings. The molecule has 1 aromatic heterocycles. The van der Waals surface area contributed by atoms with Gasteiger partial charge in [-0.25, -0.2) is 0 Å². The van der Waals surface area contributed by atoms with Gasteiger partial charge >= 0.3 is 0 Å². The van der Waals surface area contributed by atoms with Crippen LogP contribution in [0.15, 0.2) is 59.9 Å². The highest BCUT2D eigenvalue weighted by atomic mass is 32.1. The summed E-state index contributed by atoms with van der Waals surface area (Å²) in [6.45, 7) is 3.73. The molecule has 0 saturated carbocycles. The van der Waals surface area contributed by atoms with Crippen LogP contribution < -0.4 is 4.90 Å². The van der Waals surface area contributed by atoms with Crippen LogP contribution in [0.2, 0.25) is 0 Å². The molecule has 0 radical (unpaired) electrons. The fourth-order valence-electron chi connectivity index (χ4n) is 2.97. The number of amides is 1. The monoisotopic (exact) mass is 409 g/mol. The van der Waals surface area contributed by atoms with Crippen LogP contribution >= 0.6 is 23.6 Å². The van der Waals surface area contributed by atoms with E-state index < -0.39 is 5.91 Å². The Morgan fingerprint density at radius 2 is 2.00 bits per heavy atom. The van der Waals surface area contributed by atoms with Crippen molar-refractivity contribution < 1.29 is 9.90 Å². The number of aromatic nitrogens is 1. The SMILES string of the molecule is CC(C)N(C(=O)/C(C#N)=C(\O)Cc1ccccc1)c1ccc2[nH]c(=S)sc2c1. The highest BCUT2D eigenvalue weighted by Crippen LogP contribution is 2.28. The fraction of sp³-hybridized carbons (Fsp3) is 0.190. The van der Waals surface area contributed by atoms with E-state index in [0.717, 1.165) is 15.8 Å². The number of fused-ring (bicyclic) bond motifs is 1. The van der Waals surface area contributed by atoms with E-state index in [9.17, 15) is 15.2 Å². The zero-order valence-electron chi connectivity index (χ0n) is 15.5. The molecule has 0 aliphatic rings. The van der Waals surface area contributed by atoms with E-state index in [4.69, 9.17) is 12.2 Å². The third-order valence-electron chi connectivity index (χ3n) is 4.25. The maximum atomic E-state index is 13.1. The Hall–Kier alpha value is -2.95. The van der Waals surface area contributed by atoms with Gasteiger partial charge in [0.1, 0.15) is 11.8 Å². The lowest BCUT2D eigenvalue weighted by Gasteiger charge is -2.27. The molecule has 0 aliphatic heterocycles. The topological polar surface area (TPSA) is 80.1 Å². The minimum absolute atomic E-state index is 0.125. The molecule has 1 heterocycles. The van der Waals surface area contributed by atoms with Crippen LogP contribution in [0.3, 0.4) is 0 Å². The Labute approximate surface area is 172 Å². The van der Waals surface area contributed by atoms with Gasteiger partial charge in [0.2, 0.25) is 0 Å². The van der Waals surface area contributed by atoms with Gasteiger partial charge in [-0.1, -0.05) is 30.3 Å². The molecule has 2 aromatic carbocycles. The third-order valence-corrected chi connectivity index (χ3v) is 5.44. The van der Waals surface area contributed by atoms with Crippen molar-refractivity contribution in [2.75, 3.05) is 4.90 Å². The first-order valence-electron chi connectivity index (χ1n) is 8.73. The van der Waals surface area contributed by atoms with Gasteiger partial charge in [-0.15, -0.1) is 11.3 Å². The molecule has 2 N–H and O–H groups in total. The number of H-pyrrole nitrogens is 1. The lowest BCUT2D eigenvalue weighted by molar-refractivity contribution is -0.115. The number of nitrogens with zero attached hydrogens (tertiary/aromatic N) is 2. The van der Waals surface area contributed by atoms with Gasteiger partial charge in [-0.3, -0.25) is 4.79 Å². The standard InChI is InChI=1S/C21H19N3O2S2/c1-13(2)24(15-8-9-17-19(11-15)28-21(27)23-17)20(26)16(12-22)18(25)10-14-6-4-3-5-7-14/h3-9,11,13,25H,10H2,1-2H3,(H,23,27)/b18-16-. The first-order chi connectivity index (χ1) is 13.4. The van der Waals surface area contributed by atoms with Crippen molar-refractivity contribution >= 4 is 45.4 Å². The predicted molar refractivity (Wildman–Crippen MR) is 115 cm³/mol. The van der Waals surface area contributed by atoms with E-state index in [1.807, 2.05) is 68.4 Å². The van der Waals surface area contributed by atoms with Gasteiger partial charge < -0.3 is 15.0 Å². The second-order valence-electron chi connectivity index (χ2n) is 6.56. The van der Waals surface area contributed by atoms with Crippen LogP contribution in [0, 0.1) is 15.3 Å². The summed E-state index contributed by atoms with van der Waals surface area (Å²) >= 11 is 6.60. The van der Waals surface area contributed by atoms with Crippen LogP contribution in [0.1, 0.15) is 19.4 Å². The van der Waals surface area contributed by atoms with Crippen LogP contribution in [0.4, 0.5) is 5.69 Å². The molecule has 3 rings (SSSR count). The molecule has 0 unspecified atom stereocenters. The normalized spacial score (nSPS) is 11.9. The zero-order chi connectivity index (χ0) is 20.3. The number of carbonyl (C=O) groups is 1. The van der Waals surface area contributed by atoms with Gasteiger partial charge in [-0.2, -0.15) is 5.26 Å². The van der Waals surface area contributed by atoms with Crippen LogP contribution in [-0.2, 0) is 11.2 Å². The summed E-state index contributed by atoms with van der Waals surface area (Å²) < 4.78 is 1.59. The molecule has 3 aromatic rings. The molecular weight excluding hydrogens is 390 g/mol. The number of aromatic amines is 1. The molecule has 7 heteroatoms. The summed E-state index contributed by atoms with van der Waals surface area (Å²) in [6.07, 6.45) is 0.125. The Bertz CT molecular complexity index is 1140. The number of nitrogens with one attached hydrogen (secondary N) is 1. The Morgan fingerprint density at radius 3 is 2.64 bits per heavy atom. The second kappa shape index (κ2) is 8.38. The summed E-state index contributed by atoms with van der Waals surface area (Å²) in [4.78, 5) is 17.8. The van der Waals surface area contributed by atoms with Crippen LogP contribution in [0.5, 0.6) is 0 Å². The van der Waals surface area contributed by atoms with Crippen molar-refractivity contribution in [3.05, 3.63) is 69.4 Å². The van der Waals surface area contributed by atoms with E-state index in [-0.39, 0.29) is 23.8 Å². The average molecular weight is 410 g/mol. The number of aliphatic hydroxyl groups is 1. The molecule has 0 atom stereocenters. The maximum Gasteiger partial charge on any atom is 0.272 e. The molecule has 0 aliphatic carbocycles. The maximum absolute atomic E-state index is 13.1. The minimum Gasteiger partial charge on any atom is -0.510 e. The fourth-order valence-corrected chi connectivity index (χ4v) is 4.12. The number of hydrogen-bond donors (Lipinski definition) is 2. The van der Waals surface area contributed by atoms with Crippen LogP contribution in [-0.4, -0.2) is 22.0 Å². The van der Waals surface area contributed by atoms with Crippen molar-refractivity contribution in [1.29, 1.82) is 5.26 Å². The molecule has 0 saturated heterocycles. The number of carbonyl (C=O) groups excluding carboxylic acids is 1. The number of rotatable bonds is 5. The summed E-state index contributed by atoms with van der Waals surface area (Å²) in [6, 6.07) is 16.5. The van der Waals surface area contributed by atoms with Crippen LogP contribution in [0.25, 0.3) is 10.2 Å². The molecule has 0 bridgehead atoms. The number of nitriles is 1. The number of aliphatic hydroxyl groups excluding tert-OH is 1. The van der Waals surface area contributed by atoms with Gasteiger partial charge in [0.25, 0.3) is 5.91 Å². The third kappa shape index (κ3) is 4.14. The summed E-state index contributed by atoms with van der Waals surface area (Å²) in [5, 5.41) is 20.0. The molecule has 1 amide bonds. The number of hydrogen-bond acceptors (Lipinski definition) is 5. The second-order valence-corrected chi connectivity index (χ2v) is 8.28. The smallest absolute Gasteiger partial charge is 0.272 e. The first-order valence-corrected chi connectivity index (χ1v) is 9.95. The highest BCUT2D eigenvalue weighted by molar-refractivity contribution is 7.73. The zero-order valence-corrected chi connectivity index (χ0v) is 17.1. The number of anilines is 1. The van der Waals surface area contributed by atoms with Gasteiger partial charge in [0, 0.05) is 18.2 Å². The van der Waals surface area contributed by atoms with E-state index in [1.54, 1.807) is 0 Å². The van der Waals surface area contributed by atoms with Gasteiger partial charge in [0.05, 0.1) is 10.2 Å². The van der Waals surface area contributed by atoms with Gasteiger partial charge in [-0.05, 0) is 49.8 Å². The van der Waals surface area contributed by atoms with Crippen molar-refractivity contribution in [2.45, 2.75) is 26.3 Å². The molecule has 142 valence electrons. The Balaban J connectivity index is 1.99. The molecule has 28 heavy (non-hydrogen) atoms. The average Bonchev–Trinajstić information content (AvgIpc) is 3.02. The van der Waals surface area contributed by atoms with E-state index in [2.05, 4.69) is 4.98 Å². The van der Waals surface area contributed by atoms with Crippen molar-refractivity contribution in [3.8, 4) is 6.07 Å². The lowest BCUT2D eigenvalue weighted by atomic mass is 10.1.